The van der Waals surface area contributed by atoms with Gasteiger partial charge >= 0.3 is 0 Å². The van der Waals surface area contributed by atoms with Crippen molar-refractivity contribution in [3.05, 3.63) is 12.2 Å². The third-order valence-electron chi connectivity index (χ3n) is 1.28. The molecular formula is C9H18N2O. The van der Waals surface area contributed by atoms with Crippen LogP contribution in [0, 0.1) is 0 Å². The highest BCUT2D eigenvalue weighted by Crippen LogP contribution is 1.80. The summed E-state index contributed by atoms with van der Waals surface area (Å²) in [5.41, 5.74) is 1.04. The fourth-order valence-electron chi connectivity index (χ4n) is 0.716. The molecule has 0 aliphatic carbocycles. The zero-order valence-electron chi connectivity index (χ0n) is 7.94. The molecule has 0 aliphatic rings. The smallest absolute Gasteiger partial charge is 0.233 e. The van der Waals surface area contributed by atoms with Crippen LogP contribution in [0.3, 0.4) is 0 Å². The van der Waals surface area contributed by atoms with Gasteiger partial charge in [0.15, 0.2) is 0 Å². The number of nitrogens with one attached hydrogen (secondary N) is 2. The third-order valence-corrected chi connectivity index (χ3v) is 1.28. The second kappa shape index (κ2) is 6.85. The minimum atomic E-state index is 0.0538. The number of rotatable bonds is 6. The summed E-state index contributed by atoms with van der Waals surface area (Å²) in [5, 5.41) is 5.76. The SMILES string of the molecule is C=C(C)CNCC(=O)NCCC. The van der Waals surface area contributed by atoms with Crippen LogP contribution in [0.5, 0.6) is 0 Å². The minimum Gasteiger partial charge on any atom is -0.355 e. The molecule has 0 radical (unpaired) electrons. The van der Waals surface area contributed by atoms with Crippen LogP contribution in [0.2, 0.25) is 0 Å². The molecular weight excluding hydrogens is 152 g/mol. The summed E-state index contributed by atoms with van der Waals surface area (Å²) in [6.07, 6.45) is 0.978. The second-order valence-corrected chi connectivity index (χ2v) is 2.91. The highest BCUT2D eigenvalue weighted by molar-refractivity contribution is 5.77. The molecule has 0 heterocycles. The summed E-state index contributed by atoms with van der Waals surface area (Å²) >= 11 is 0. The maximum Gasteiger partial charge on any atom is 0.233 e. The molecule has 70 valence electrons. The van der Waals surface area contributed by atoms with Crippen molar-refractivity contribution in [1.29, 1.82) is 0 Å². The van der Waals surface area contributed by atoms with Crippen molar-refractivity contribution in [2.45, 2.75) is 20.3 Å². The Morgan fingerprint density at radius 3 is 2.58 bits per heavy atom. The van der Waals surface area contributed by atoms with E-state index in [-0.39, 0.29) is 5.91 Å². The first kappa shape index (κ1) is 11.2. The number of carbonyl (C=O) groups excluding carboxylic acids is 1. The maximum atomic E-state index is 11.0. The van der Waals surface area contributed by atoms with Crippen molar-refractivity contribution in [3.8, 4) is 0 Å². The fraction of sp³-hybridized carbons (Fsp3) is 0.667. The van der Waals surface area contributed by atoms with Gasteiger partial charge in [0.2, 0.25) is 5.91 Å². The Hall–Kier alpha value is -0.830. The van der Waals surface area contributed by atoms with Crippen LogP contribution in [0.25, 0.3) is 0 Å². The molecule has 3 heteroatoms. The van der Waals surface area contributed by atoms with Crippen molar-refractivity contribution in [3.63, 3.8) is 0 Å². The fourth-order valence-corrected chi connectivity index (χ4v) is 0.716. The summed E-state index contributed by atoms with van der Waals surface area (Å²) < 4.78 is 0. The van der Waals surface area contributed by atoms with Crippen molar-refractivity contribution >= 4 is 5.91 Å². The molecule has 3 nitrogen and oxygen atoms in total. The predicted molar refractivity (Wildman–Crippen MR) is 51.0 cm³/mol. The third kappa shape index (κ3) is 7.28. The van der Waals surface area contributed by atoms with E-state index in [2.05, 4.69) is 17.2 Å². The normalized spacial score (nSPS) is 9.50. The molecule has 0 atom stereocenters. The molecule has 0 rings (SSSR count). The lowest BCUT2D eigenvalue weighted by atomic mass is 10.3. The van der Waals surface area contributed by atoms with Crippen LogP contribution in [-0.4, -0.2) is 25.5 Å². The molecule has 0 saturated heterocycles. The van der Waals surface area contributed by atoms with Gasteiger partial charge in [-0.25, -0.2) is 0 Å². The topological polar surface area (TPSA) is 41.1 Å². The van der Waals surface area contributed by atoms with Crippen LogP contribution in [-0.2, 0) is 4.79 Å². The molecule has 0 aromatic heterocycles. The zero-order valence-corrected chi connectivity index (χ0v) is 7.94. The number of hydrogen-bond acceptors (Lipinski definition) is 2. The average Bonchev–Trinajstić information content (AvgIpc) is 2.00. The summed E-state index contributed by atoms with van der Waals surface area (Å²) in [6.45, 7) is 9.52. The Morgan fingerprint density at radius 1 is 1.42 bits per heavy atom. The van der Waals surface area contributed by atoms with Crippen molar-refractivity contribution in [2.24, 2.45) is 0 Å². The standard InChI is InChI=1S/C9H18N2O/c1-4-5-11-9(12)7-10-6-8(2)3/h10H,2,4-7H2,1,3H3,(H,11,12). The van der Waals surface area contributed by atoms with Gasteiger partial charge in [-0.15, -0.1) is 0 Å². The lowest BCUT2D eigenvalue weighted by Crippen LogP contribution is -2.34. The van der Waals surface area contributed by atoms with Crippen LogP contribution < -0.4 is 10.6 Å². The first-order chi connectivity index (χ1) is 5.66. The Morgan fingerprint density at radius 2 is 2.08 bits per heavy atom. The molecule has 0 bridgehead atoms. The predicted octanol–water partition coefficient (Wildman–Crippen LogP) is 0.678. The van der Waals surface area contributed by atoms with Crippen LogP contribution >= 0.6 is 0 Å². The van der Waals surface area contributed by atoms with Gasteiger partial charge in [-0.1, -0.05) is 19.1 Å². The van der Waals surface area contributed by atoms with Crippen LogP contribution in [0.4, 0.5) is 0 Å². The average molecular weight is 170 g/mol. The Kier molecular flexibility index (Phi) is 6.38. The van der Waals surface area contributed by atoms with Gasteiger partial charge in [0, 0.05) is 13.1 Å². The zero-order chi connectivity index (χ0) is 9.40. The van der Waals surface area contributed by atoms with Gasteiger partial charge in [0.1, 0.15) is 0 Å². The Balaban J connectivity index is 3.25. The van der Waals surface area contributed by atoms with E-state index < -0.39 is 0 Å². The molecule has 1 amide bonds. The van der Waals surface area contributed by atoms with E-state index >= 15 is 0 Å². The van der Waals surface area contributed by atoms with Crippen LogP contribution in [0.15, 0.2) is 12.2 Å². The van der Waals surface area contributed by atoms with Crippen LogP contribution in [0.1, 0.15) is 20.3 Å². The first-order valence-electron chi connectivity index (χ1n) is 4.28. The van der Waals surface area contributed by atoms with Gasteiger partial charge in [-0.2, -0.15) is 0 Å². The highest BCUT2D eigenvalue weighted by atomic mass is 16.1. The van der Waals surface area contributed by atoms with Gasteiger partial charge in [-0.05, 0) is 13.3 Å². The van der Waals surface area contributed by atoms with E-state index in [1.54, 1.807) is 0 Å². The van der Waals surface area contributed by atoms with Gasteiger partial charge in [-0.3, -0.25) is 4.79 Å². The van der Waals surface area contributed by atoms with Crippen molar-refractivity contribution in [1.82, 2.24) is 10.6 Å². The van der Waals surface area contributed by atoms with E-state index in [0.717, 1.165) is 18.5 Å². The largest absolute Gasteiger partial charge is 0.355 e. The number of hydrogen-bond donors (Lipinski definition) is 2. The van der Waals surface area contributed by atoms with Gasteiger partial charge in [0.25, 0.3) is 0 Å². The minimum absolute atomic E-state index is 0.0538. The Bertz CT molecular complexity index is 155. The summed E-state index contributed by atoms with van der Waals surface area (Å²) in [7, 11) is 0. The number of carbonyl (C=O) groups is 1. The molecule has 12 heavy (non-hydrogen) atoms. The number of amides is 1. The molecule has 0 saturated carbocycles. The van der Waals surface area contributed by atoms with E-state index in [0.29, 0.717) is 13.1 Å². The van der Waals surface area contributed by atoms with E-state index in [9.17, 15) is 4.79 Å². The molecule has 2 N–H and O–H groups in total. The van der Waals surface area contributed by atoms with E-state index in [4.69, 9.17) is 0 Å². The molecule has 0 aromatic carbocycles. The van der Waals surface area contributed by atoms with E-state index in [1.807, 2.05) is 13.8 Å². The van der Waals surface area contributed by atoms with Gasteiger partial charge in [0.05, 0.1) is 6.54 Å². The second-order valence-electron chi connectivity index (χ2n) is 2.91. The quantitative estimate of drug-likeness (QED) is 0.575. The van der Waals surface area contributed by atoms with Crippen molar-refractivity contribution < 1.29 is 4.79 Å². The van der Waals surface area contributed by atoms with Crippen molar-refractivity contribution in [2.75, 3.05) is 19.6 Å². The molecule has 0 unspecified atom stereocenters. The maximum absolute atomic E-state index is 11.0. The van der Waals surface area contributed by atoms with Gasteiger partial charge < -0.3 is 10.6 Å². The van der Waals surface area contributed by atoms with E-state index in [1.165, 1.54) is 0 Å². The summed E-state index contributed by atoms with van der Waals surface area (Å²) in [6, 6.07) is 0. The lowest BCUT2D eigenvalue weighted by molar-refractivity contribution is -0.120. The highest BCUT2D eigenvalue weighted by Gasteiger charge is 1.97. The lowest BCUT2D eigenvalue weighted by Gasteiger charge is -2.04. The molecule has 0 fully saturated rings. The molecule has 0 spiro atoms. The molecule has 0 aliphatic heterocycles. The summed E-state index contributed by atoms with van der Waals surface area (Å²) in [5.74, 6) is 0.0538. The summed E-state index contributed by atoms with van der Waals surface area (Å²) in [4.78, 5) is 11.0. The monoisotopic (exact) mass is 170 g/mol. The first-order valence-corrected chi connectivity index (χ1v) is 4.28. The molecule has 0 aromatic rings. The Labute approximate surface area is 74.2 Å².